The number of rotatable bonds is 19. The maximum atomic E-state index is 14.3. The molecule has 4 heterocycles. The summed E-state index contributed by atoms with van der Waals surface area (Å²) in [6.07, 6.45) is 4.49. The van der Waals surface area contributed by atoms with Crippen LogP contribution in [0.4, 0.5) is 28.4 Å². The highest BCUT2D eigenvalue weighted by Gasteiger charge is 2.40. The van der Waals surface area contributed by atoms with Gasteiger partial charge in [-0.05, 0) is 104 Å². The lowest BCUT2D eigenvalue weighted by molar-refractivity contribution is -0.119. The number of fused-ring (bicyclic) bond motifs is 8. The van der Waals surface area contributed by atoms with Crippen molar-refractivity contribution in [2.24, 2.45) is 0 Å². The summed E-state index contributed by atoms with van der Waals surface area (Å²) in [5.41, 5.74) is 8.78. The molecule has 3 amide bonds. The highest BCUT2D eigenvalue weighted by atomic mass is 33.1. The average molecular weight is 998 g/mol. The minimum absolute atomic E-state index is 0.00700. The maximum Gasteiger partial charge on any atom is 0.260 e. The van der Waals surface area contributed by atoms with Gasteiger partial charge in [0.15, 0.2) is 23.0 Å². The number of anilines is 5. The van der Waals surface area contributed by atoms with Crippen molar-refractivity contribution in [2.45, 2.75) is 108 Å². The lowest BCUT2D eigenvalue weighted by Crippen LogP contribution is -2.41. The third-order valence-electron chi connectivity index (χ3n) is 13.8. The molecule has 9 rings (SSSR count). The first-order valence-electron chi connectivity index (χ1n) is 24.5. The zero-order chi connectivity index (χ0) is 50.0. The number of Topliss-reactive ketones (excluding diaryl/α,β-unsaturated/α-hetero) is 1. The Morgan fingerprint density at radius 3 is 2.00 bits per heavy atom. The standard InChI is InChI=1S/C56H63N5O8S2/c1-8-42(62)18-17-34(2)70-71-56(3,4)20-19-53(63)58-39-22-35(32-68-51-28-45-43(26-49(51)66-6)54(64)60-40(30-57-45)24-37-13-9-11-15-46(37)60)21-36(23-39)33-69-52-29-48-44(27-50(52)67-7)55(65)61-41(31-59(48)5)25-38-14-10-12-16-47(38)61/h9-16,21-23,26-29,34,40-41,57H,8,17-20,24-25,30-33H2,1-7H3,(H,58,63)/t34?,40-,41-/m0/s1. The van der Waals surface area contributed by atoms with Gasteiger partial charge in [0.2, 0.25) is 5.91 Å². The number of para-hydroxylation sites is 2. The van der Waals surface area contributed by atoms with E-state index in [-0.39, 0.29) is 53.5 Å². The van der Waals surface area contributed by atoms with Crippen molar-refractivity contribution in [3.63, 3.8) is 0 Å². The molecule has 0 radical (unpaired) electrons. The van der Waals surface area contributed by atoms with E-state index in [4.69, 9.17) is 18.9 Å². The van der Waals surface area contributed by atoms with Crippen molar-refractivity contribution in [2.75, 3.05) is 59.7 Å². The van der Waals surface area contributed by atoms with Gasteiger partial charge in [-0.2, -0.15) is 0 Å². The second-order valence-electron chi connectivity index (χ2n) is 19.5. The van der Waals surface area contributed by atoms with Crippen molar-refractivity contribution in [3.8, 4) is 23.0 Å². The predicted octanol–water partition coefficient (Wildman–Crippen LogP) is 10.9. The van der Waals surface area contributed by atoms with E-state index in [0.29, 0.717) is 89.5 Å². The third kappa shape index (κ3) is 10.8. The zero-order valence-corrected chi connectivity index (χ0v) is 43.2. The first-order chi connectivity index (χ1) is 34.2. The van der Waals surface area contributed by atoms with E-state index in [0.717, 1.165) is 58.6 Å². The smallest absolute Gasteiger partial charge is 0.260 e. The molecule has 1 unspecified atom stereocenters. The van der Waals surface area contributed by atoms with Crippen LogP contribution in [-0.4, -0.2) is 79.9 Å². The molecule has 0 saturated heterocycles. The van der Waals surface area contributed by atoms with Gasteiger partial charge in [-0.15, -0.1) is 0 Å². The molecule has 15 heteroatoms. The number of ketones is 1. The van der Waals surface area contributed by atoms with Crippen molar-refractivity contribution < 1.29 is 38.1 Å². The normalized spacial score (nSPS) is 17.1. The molecule has 0 aliphatic carbocycles. The molecule has 4 aliphatic heterocycles. The number of amides is 3. The second-order valence-corrected chi connectivity index (χ2v) is 22.8. The molecule has 0 fully saturated rings. The minimum Gasteiger partial charge on any atom is -0.493 e. The summed E-state index contributed by atoms with van der Waals surface area (Å²) in [5.74, 6) is 1.78. The first-order valence-corrected chi connectivity index (χ1v) is 26.7. The van der Waals surface area contributed by atoms with E-state index in [1.165, 1.54) is 0 Å². The number of benzene rings is 5. The maximum absolute atomic E-state index is 14.3. The van der Waals surface area contributed by atoms with Gasteiger partial charge in [-0.3, -0.25) is 19.2 Å². The van der Waals surface area contributed by atoms with Crippen molar-refractivity contribution in [1.82, 2.24) is 0 Å². The fraction of sp³-hybridized carbons (Fsp3) is 0.393. The Kier molecular flexibility index (Phi) is 14.8. The van der Waals surface area contributed by atoms with Crippen LogP contribution in [0.2, 0.25) is 0 Å². The monoisotopic (exact) mass is 997 g/mol. The number of carbonyl (C=O) groups excluding carboxylic acids is 4. The van der Waals surface area contributed by atoms with Gasteiger partial charge >= 0.3 is 0 Å². The number of likely N-dealkylation sites (N-methyl/N-ethyl adjacent to an activating group) is 1. The Balaban J connectivity index is 0.944. The molecule has 2 N–H and O–H groups in total. The predicted molar refractivity (Wildman–Crippen MR) is 285 cm³/mol. The van der Waals surface area contributed by atoms with Crippen LogP contribution in [0.3, 0.4) is 0 Å². The van der Waals surface area contributed by atoms with Gasteiger partial charge < -0.3 is 44.3 Å². The largest absolute Gasteiger partial charge is 0.493 e. The van der Waals surface area contributed by atoms with Crippen LogP contribution in [0.1, 0.15) is 103 Å². The lowest BCUT2D eigenvalue weighted by atomic mass is 10.1. The molecule has 0 spiro atoms. The Morgan fingerprint density at radius 1 is 0.761 bits per heavy atom. The van der Waals surface area contributed by atoms with Crippen LogP contribution in [0.25, 0.3) is 0 Å². The molecule has 5 aromatic carbocycles. The van der Waals surface area contributed by atoms with Crippen LogP contribution in [0.15, 0.2) is 91.0 Å². The van der Waals surface area contributed by atoms with Crippen LogP contribution in [0.5, 0.6) is 23.0 Å². The fourth-order valence-corrected chi connectivity index (χ4v) is 12.6. The molecule has 0 saturated carbocycles. The number of nitrogens with one attached hydrogen (secondary N) is 2. The van der Waals surface area contributed by atoms with Gasteiger partial charge in [0.25, 0.3) is 11.8 Å². The summed E-state index contributed by atoms with van der Waals surface area (Å²) < 4.78 is 24.6. The molecule has 3 atom stereocenters. The van der Waals surface area contributed by atoms with Crippen LogP contribution in [-0.2, 0) is 35.6 Å². The first kappa shape index (κ1) is 49.7. The summed E-state index contributed by atoms with van der Waals surface area (Å²) in [6.45, 7) is 9.79. The van der Waals surface area contributed by atoms with Gasteiger partial charge in [-0.25, -0.2) is 0 Å². The number of carbonyl (C=O) groups is 4. The summed E-state index contributed by atoms with van der Waals surface area (Å²) in [5, 5.41) is 6.98. The quantitative estimate of drug-likeness (QED) is 0.0762. The number of hydrogen-bond acceptors (Lipinski definition) is 12. The number of hydrogen-bond donors (Lipinski definition) is 2. The molecule has 71 heavy (non-hydrogen) atoms. The van der Waals surface area contributed by atoms with E-state index >= 15 is 0 Å². The Bertz CT molecular complexity index is 2850. The van der Waals surface area contributed by atoms with E-state index in [1.807, 2.05) is 90.5 Å². The van der Waals surface area contributed by atoms with E-state index in [1.54, 1.807) is 47.9 Å². The van der Waals surface area contributed by atoms with Gasteiger partial charge in [0.1, 0.15) is 19.0 Å². The van der Waals surface area contributed by atoms with E-state index < -0.39 is 0 Å². The number of nitrogens with zero attached hydrogens (tertiary/aromatic N) is 3. The minimum atomic E-state index is -0.181. The van der Waals surface area contributed by atoms with Crippen molar-refractivity contribution >= 4 is 73.5 Å². The zero-order valence-electron chi connectivity index (χ0n) is 41.6. The van der Waals surface area contributed by atoms with Gasteiger partial charge in [-0.1, -0.05) is 71.8 Å². The number of ether oxygens (including phenoxy) is 4. The molecule has 0 bridgehead atoms. The molecule has 13 nitrogen and oxygen atoms in total. The molecule has 4 aliphatic rings. The second kappa shape index (κ2) is 21.2. The molecule has 0 aromatic heterocycles. The lowest BCUT2D eigenvalue weighted by Gasteiger charge is -2.25. The van der Waals surface area contributed by atoms with Crippen LogP contribution in [0, 0.1) is 0 Å². The van der Waals surface area contributed by atoms with Gasteiger partial charge in [0.05, 0.1) is 48.8 Å². The van der Waals surface area contributed by atoms with Crippen LogP contribution >= 0.6 is 21.6 Å². The van der Waals surface area contributed by atoms with E-state index in [9.17, 15) is 19.2 Å². The van der Waals surface area contributed by atoms with E-state index in [2.05, 4.69) is 48.4 Å². The van der Waals surface area contributed by atoms with Gasteiger partial charge in [0, 0.05) is 78.6 Å². The van der Waals surface area contributed by atoms with Crippen molar-refractivity contribution in [1.29, 1.82) is 0 Å². The Hall–Kier alpha value is -6.32. The average Bonchev–Trinajstić information content (AvgIpc) is 3.87. The highest BCUT2D eigenvalue weighted by molar-refractivity contribution is 8.77. The third-order valence-corrected chi connectivity index (χ3v) is 17.7. The molecule has 372 valence electrons. The highest BCUT2D eigenvalue weighted by Crippen LogP contribution is 2.45. The molecular weight excluding hydrogens is 935 g/mol. The topological polar surface area (TPSA) is 139 Å². The Morgan fingerprint density at radius 2 is 1.35 bits per heavy atom. The Labute approximate surface area is 424 Å². The van der Waals surface area contributed by atoms with Crippen LogP contribution < -0.4 is 44.3 Å². The summed E-state index contributed by atoms with van der Waals surface area (Å²) in [6, 6.07) is 29.1. The SMILES string of the molecule is CCC(=O)CCC(C)SSC(C)(C)CCC(=O)Nc1cc(COc2cc3c(cc2OC)C(=O)N2c4ccccc4C[C@H]2CN3)cc(COc2cc3c(cc2OC)C(=O)N2c4ccccc4C[C@H]2CN3C)c1. The molecular formula is C56H63N5O8S2. The summed E-state index contributed by atoms with van der Waals surface area (Å²) in [4.78, 5) is 59.9. The summed E-state index contributed by atoms with van der Waals surface area (Å²) >= 11 is 0. The fourth-order valence-electron chi connectivity index (χ4n) is 9.95. The number of methoxy groups -OCH3 is 2. The molecule has 5 aromatic rings. The summed E-state index contributed by atoms with van der Waals surface area (Å²) in [7, 11) is 8.66. The van der Waals surface area contributed by atoms with Crippen molar-refractivity contribution in [3.05, 3.63) is 124 Å².